The van der Waals surface area contributed by atoms with Crippen molar-refractivity contribution < 1.29 is 9.59 Å². The topological polar surface area (TPSA) is 53.5 Å². The molecule has 0 radical (unpaired) electrons. The van der Waals surface area contributed by atoms with E-state index in [-0.39, 0.29) is 18.5 Å². The summed E-state index contributed by atoms with van der Waals surface area (Å²) in [5, 5.41) is 3.16. The summed E-state index contributed by atoms with van der Waals surface area (Å²) in [4.78, 5) is 31.0. The number of aromatic nitrogens is 1. The van der Waals surface area contributed by atoms with Gasteiger partial charge in [-0.2, -0.15) is 0 Å². The lowest BCUT2D eigenvalue weighted by Gasteiger charge is -2.19. The van der Waals surface area contributed by atoms with Gasteiger partial charge < -0.3 is 4.90 Å². The molecule has 2 heterocycles. The van der Waals surface area contributed by atoms with Crippen LogP contribution in [0.2, 0.25) is 0 Å². The summed E-state index contributed by atoms with van der Waals surface area (Å²) in [7, 11) is 1.65. The van der Waals surface area contributed by atoms with Crippen molar-refractivity contribution in [3.05, 3.63) is 16.1 Å². The maximum Gasteiger partial charge on any atom is 0.327 e. The third-order valence-corrected chi connectivity index (χ3v) is 5.13. The molecule has 0 unspecified atom stereocenters. The van der Waals surface area contributed by atoms with Gasteiger partial charge in [-0.3, -0.25) is 9.69 Å². The first-order valence-corrected chi connectivity index (χ1v) is 8.03. The Bertz CT molecular complexity index is 522. The highest BCUT2D eigenvalue weighted by Crippen LogP contribution is 2.34. The van der Waals surface area contributed by atoms with Gasteiger partial charge in [0.2, 0.25) is 0 Å². The Morgan fingerprint density at radius 3 is 2.70 bits per heavy atom. The summed E-state index contributed by atoms with van der Waals surface area (Å²) in [6.07, 6.45) is 6.34. The summed E-state index contributed by atoms with van der Waals surface area (Å²) in [5.41, 5.74) is 0.840. The molecule has 6 heteroatoms. The molecular formula is C14H19N3O2S. The van der Waals surface area contributed by atoms with Crippen LogP contribution in [0.3, 0.4) is 0 Å². The second-order valence-corrected chi connectivity index (χ2v) is 6.52. The molecule has 1 aliphatic carbocycles. The second kappa shape index (κ2) is 5.52. The molecular weight excluding hydrogens is 274 g/mol. The zero-order valence-corrected chi connectivity index (χ0v) is 12.5. The summed E-state index contributed by atoms with van der Waals surface area (Å²) in [6, 6.07) is -0.220. The van der Waals surface area contributed by atoms with E-state index in [1.54, 1.807) is 18.4 Å². The fourth-order valence-electron chi connectivity index (χ4n) is 2.92. The van der Waals surface area contributed by atoms with Crippen LogP contribution in [0.1, 0.15) is 48.7 Å². The lowest BCUT2D eigenvalue weighted by atomic mass is 9.90. The molecule has 1 aromatic rings. The van der Waals surface area contributed by atoms with Crippen LogP contribution >= 0.6 is 11.3 Å². The van der Waals surface area contributed by atoms with E-state index in [0.717, 1.165) is 5.69 Å². The van der Waals surface area contributed by atoms with Crippen LogP contribution in [-0.2, 0) is 11.3 Å². The van der Waals surface area contributed by atoms with Gasteiger partial charge in [-0.05, 0) is 12.8 Å². The quantitative estimate of drug-likeness (QED) is 0.805. The first-order valence-electron chi connectivity index (χ1n) is 7.15. The van der Waals surface area contributed by atoms with Crippen LogP contribution in [0, 0.1) is 0 Å². The molecule has 0 atom stereocenters. The van der Waals surface area contributed by atoms with Crippen LogP contribution in [0.4, 0.5) is 4.79 Å². The van der Waals surface area contributed by atoms with E-state index in [2.05, 4.69) is 4.98 Å². The predicted molar refractivity (Wildman–Crippen MR) is 76.5 cm³/mol. The maximum absolute atomic E-state index is 11.8. The highest BCUT2D eigenvalue weighted by atomic mass is 32.1. The minimum atomic E-state index is -0.220. The van der Waals surface area contributed by atoms with E-state index in [1.807, 2.05) is 5.38 Å². The Labute approximate surface area is 122 Å². The molecule has 0 spiro atoms. The summed E-state index contributed by atoms with van der Waals surface area (Å²) in [5.74, 6) is 0.444. The molecule has 108 valence electrons. The Morgan fingerprint density at radius 1 is 1.30 bits per heavy atom. The summed E-state index contributed by atoms with van der Waals surface area (Å²) < 4.78 is 0. The number of nitrogens with zero attached hydrogens (tertiary/aromatic N) is 3. The van der Waals surface area contributed by atoms with E-state index in [4.69, 9.17) is 0 Å². The second-order valence-electron chi connectivity index (χ2n) is 5.63. The van der Waals surface area contributed by atoms with Crippen molar-refractivity contribution in [1.82, 2.24) is 14.8 Å². The number of amides is 3. The number of rotatable bonds is 3. The number of thiazole rings is 1. The monoisotopic (exact) mass is 293 g/mol. The van der Waals surface area contributed by atoms with Gasteiger partial charge in [0.1, 0.15) is 6.54 Å². The van der Waals surface area contributed by atoms with Gasteiger partial charge in [0.05, 0.1) is 17.2 Å². The standard InChI is InChI=1S/C14H19N3O2S/c1-16-8-12(18)17(14(16)19)7-11-9-20-13(15-11)10-5-3-2-4-6-10/h9-10H,2-8H2,1H3. The van der Waals surface area contributed by atoms with Crippen LogP contribution in [0.15, 0.2) is 5.38 Å². The number of imide groups is 1. The highest BCUT2D eigenvalue weighted by molar-refractivity contribution is 7.09. The van der Waals surface area contributed by atoms with Gasteiger partial charge in [0.25, 0.3) is 5.91 Å². The molecule has 2 aliphatic rings. The van der Waals surface area contributed by atoms with Crippen molar-refractivity contribution in [3.8, 4) is 0 Å². The number of likely N-dealkylation sites (N-methyl/N-ethyl adjacent to an activating group) is 1. The van der Waals surface area contributed by atoms with Gasteiger partial charge in [-0.25, -0.2) is 9.78 Å². The van der Waals surface area contributed by atoms with Crippen LogP contribution in [-0.4, -0.2) is 40.3 Å². The SMILES string of the molecule is CN1CC(=O)N(Cc2csc(C3CCCCC3)n2)C1=O. The Morgan fingerprint density at radius 2 is 2.05 bits per heavy atom. The minimum absolute atomic E-state index is 0.135. The Hall–Kier alpha value is -1.43. The predicted octanol–water partition coefficient (Wildman–Crippen LogP) is 2.58. The maximum atomic E-state index is 11.8. The van der Waals surface area contributed by atoms with E-state index in [9.17, 15) is 9.59 Å². The first-order chi connectivity index (χ1) is 9.65. The number of carbonyl (C=O) groups excluding carboxylic acids is 2. The molecule has 0 aromatic carbocycles. The van der Waals surface area contributed by atoms with E-state index < -0.39 is 0 Å². The average molecular weight is 293 g/mol. The van der Waals surface area contributed by atoms with Crippen LogP contribution < -0.4 is 0 Å². The van der Waals surface area contributed by atoms with Crippen molar-refractivity contribution in [1.29, 1.82) is 0 Å². The molecule has 1 aromatic heterocycles. The minimum Gasteiger partial charge on any atom is -0.318 e. The van der Waals surface area contributed by atoms with Crippen molar-refractivity contribution >= 4 is 23.3 Å². The van der Waals surface area contributed by atoms with E-state index in [0.29, 0.717) is 12.5 Å². The Balaban J connectivity index is 1.68. The van der Waals surface area contributed by atoms with Crippen LogP contribution in [0.5, 0.6) is 0 Å². The molecule has 0 N–H and O–H groups in total. The highest BCUT2D eigenvalue weighted by Gasteiger charge is 2.34. The van der Waals surface area contributed by atoms with Crippen LogP contribution in [0.25, 0.3) is 0 Å². The summed E-state index contributed by atoms with van der Waals surface area (Å²) >= 11 is 1.67. The fourth-order valence-corrected chi connectivity index (χ4v) is 3.90. The zero-order chi connectivity index (χ0) is 14.1. The van der Waals surface area contributed by atoms with Gasteiger partial charge >= 0.3 is 6.03 Å². The number of hydrogen-bond donors (Lipinski definition) is 0. The van der Waals surface area contributed by atoms with Gasteiger partial charge in [0, 0.05) is 18.3 Å². The molecule has 1 aliphatic heterocycles. The fraction of sp³-hybridized carbons (Fsp3) is 0.643. The van der Waals surface area contributed by atoms with E-state index >= 15 is 0 Å². The number of hydrogen-bond acceptors (Lipinski definition) is 4. The first kappa shape index (κ1) is 13.5. The smallest absolute Gasteiger partial charge is 0.318 e. The number of carbonyl (C=O) groups is 2. The molecule has 1 saturated heterocycles. The molecule has 5 nitrogen and oxygen atoms in total. The largest absolute Gasteiger partial charge is 0.327 e. The van der Waals surface area contributed by atoms with Crippen molar-refractivity contribution in [2.24, 2.45) is 0 Å². The van der Waals surface area contributed by atoms with E-state index in [1.165, 1.54) is 46.9 Å². The van der Waals surface area contributed by atoms with Gasteiger partial charge in [-0.15, -0.1) is 11.3 Å². The Kier molecular flexibility index (Phi) is 3.74. The molecule has 3 rings (SSSR count). The van der Waals surface area contributed by atoms with Crippen molar-refractivity contribution in [2.75, 3.05) is 13.6 Å². The van der Waals surface area contributed by atoms with Gasteiger partial charge in [-0.1, -0.05) is 19.3 Å². The third-order valence-electron chi connectivity index (χ3n) is 4.07. The van der Waals surface area contributed by atoms with Gasteiger partial charge in [0.15, 0.2) is 0 Å². The zero-order valence-electron chi connectivity index (χ0n) is 11.7. The normalized spacial score (nSPS) is 21.1. The lowest BCUT2D eigenvalue weighted by Crippen LogP contribution is -2.31. The average Bonchev–Trinajstić information content (AvgIpc) is 3.01. The molecule has 20 heavy (non-hydrogen) atoms. The summed E-state index contributed by atoms with van der Waals surface area (Å²) in [6.45, 7) is 0.490. The molecule has 0 bridgehead atoms. The third kappa shape index (κ3) is 2.57. The van der Waals surface area contributed by atoms with Crippen molar-refractivity contribution in [2.45, 2.75) is 44.6 Å². The lowest BCUT2D eigenvalue weighted by molar-refractivity contribution is -0.125. The molecule has 2 fully saturated rings. The molecule has 3 amide bonds. The van der Waals surface area contributed by atoms with Crippen molar-refractivity contribution in [3.63, 3.8) is 0 Å². The number of urea groups is 1. The molecule has 1 saturated carbocycles.